The molecule has 22 heavy (non-hydrogen) atoms. The van der Waals surface area contributed by atoms with Crippen LogP contribution in [0.3, 0.4) is 0 Å². The molecule has 0 unspecified atom stereocenters. The molecule has 0 radical (unpaired) electrons. The van der Waals surface area contributed by atoms with Crippen molar-refractivity contribution in [3.05, 3.63) is 61.6 Å². The summed E-state index contributed by atoms with van der Waals surface area (Å²) in [4.78, 5) is 16.1. The topological polar surface area (TPSA) is 50.2 Å². The van der Waals surface area contributed by atoms with Crippen LogP contribution in [0.5, 0.6) is 0 Å². The van der Waals surface area contributed by atoms with Gasteiger partial charge >= 0.3 is 5.97 Å². The third kappa shape index (κ3) is 2.91. The third-order valence-corrected chi connectivity index (χ3v) is 4.43. The van der Waals surface area contributed by atoms with Crippen molar-refractivity contribution in [1.82, 2.24) is 4.98 Å². The Bertz CT molecular complexity index is 895. The molecule has 0 aliphatic heterocycles. The lowest BCUT2D eigenvalue weighted by molar-refractivity contribution is 0.0699. The number of pyridine rings is 1. The van der Waals surface area contributed by atoms with Crippen LogP contribution in [0.4, 0.5) is 0 Å². The first kappa shape index (κ1) is 15.5. The van der Waals surface area contributed by atoms with Crippen molar-refractivity contribution in [2.75, 3.05) is 0 Å². The van der Waals surface area contributed by atoms with Crippen LogP contribution in [-0.2, 0) is 0 Å². The molecule has 2 aromatic carbocycles. The highest BCUT2D eigenvalue weighted by Crippen LogP contribution is 2.32. The molecule has 0 saturated carbocycles. The third-order valence-electron chi connectivity index (χ3n) is 3.20. The molecule has 1 heterocycles. The van der Waals surface area contributed by atoms with Crippen LogP contribution >= 0.6 is 45.8 Å². The normalized spacial score (nSPS) is 10.9. The minimum atomic E-state index is -1.04. The predicted molar refractivity (Wildman–Crippen MR) is 96.9 cm³/mol. The lowest BCUT2D eigenvalue weighted by Crippen LogP contribution is -2.00. The Hall–Kier alpha value is -1.37. The van der Waals surface area contributed by atoms with Crippen molar-refractivity contribution >= 4 is 62.7 Å². The van der Waals surface area contributed by atoms with Crippen molar-refractivity contribution in [3.8, 4) is 11.3 Å². The lowest BCUT2D eigenvalue weighted by Gasteiger charge is -2.09. The smallest absolute Gasteiger partial charge is 0.336 e. The number of aromatic nitrogens is 1. The van der Waals surface area contributed by atoms with E-state index in [-0.39, 0.29) is 5.56 Å². The van der Waals surface area contributed by atoms with Crippen LogP contribution in [0.1, 0.15) is 10.4 Å². The van der Waals surface area contributed by atoms with E-state index >= 15 is 0 Å². The van der Waals surface area contributed by atoms with Gasteiger partial charge in [0.1, 0.15) is 0 Å². The number of rotatable bonds is 2. The van der Waals surface area contributed by atoms with E-state index in [1.165, 1.54) is 0 Å². The number of carboxylic acids is 1. The summed E-state index contributed by atoms with van der Waals surface area (Å²) in [5.74, 6) is -1.04. The molecule has 6 heteroatoms. The number of halogens is 3. The number of carboxylic acid groups (broad SMARTS) is 1. The summed E-state index contributed by atoms with van der Waals surface area (Å²) >= 11 is 14.4. The van der Waals surface area contributed by atoms with Crippen molar-refractivity contribution in [3.63, 3.8) is 0 Å². The van der Waals surface area contributed by atoms with Crippen molar-refractivity contribution < 1.29 is 9.90 Å². The molecule has 0 amide bonds. The maximum Gasteiger partial charge on any atom is 0.336 e. The molecule has 1 aromatic heterocycles. The molecule has 0 saturated heterocycles. The average Bonchev–Trinajstić information content (AvgIpc) is 2.47. The number of hydrogen-bond donors (Lipinski definition) is 1. The SMILES string of the molecule is O=C(O)c1cc(-c2ccc(I)cc2)nc2c(Cl)cc(Cl)cc12. The van der Waals surface area contributed by atoms with E-state index in [2.05, 4.69) is 27.6 Å². The van der Waals surface area contributed by atoms with Crippen molar-refractivity contribution in [1.29, 1.82) is 0 Å². The van der Waals surface area contributed by atoms with E-state index in [4.69, 9.17) is 23.2 Å². The summed E-state index contributed by atoms with van der Waals surface area (Å²) in [6.07, 6.45) is 0. The van der Waals surface area contributed by atoms with Crippen LogP contribution in [0.2, 0.25) is 10.0 Å². The van der Waals surface area contributed by atoms with Gasteiger partial charge in [0, 0.05) is 19.5 Å². The summed E-state index contributed by atoms with van der Waals surface area (Å²) < 4.78 is 1.09. The van der Waals surface area contributed by atoms with Crippen LogP contribution in [-0.4, -0.2) is 16.1 Å². The Morgan fingerprint density at radius 2 is 1.77 bits per heavy atom. The summed E-state index contributed by atoms with van der Waals surface area (Å²) in [6, 6.07) is 12.3. The van der Waals surface area contributed by atoms with E-state index in [0.717, 1.165) is 9.13 Å². The highest BCUT2D eigenvalue weighted by molar-refractivity contribution is 14.1. The molecule has 0 spiro atoms. The van der Waals surface area contributed by atoms with Crippen LogP contribution < -0.4 is 0 Å². The van der Waals surface area contributed by atoms with Crippen molar-refractivity contribution in [2.45, 2.75) is 0 Å². The van der Waals surface area contributed by atoms with E-state index < -0.39 is 5.97 Å². The summed E-state index contributed by atoms with van der Waals surface area (Å²) in [7, 11) is 0. The molecule has 3 nitrogen and oxygen atoms in total. The minimum absolute atomic E-state index is 0.128. The first-order valence-corrected chi connectivity index (χ1v) is 8.08. The van der Waals surface area contributed by atoms with Crippen LogP contribution in [0.25, 0.3) is 22.2 Å². The van der Waals surface area contributed by atoms with Gasteiger partial charge in [0.2, 0.25) is 0 Å². The fourth-order valence-corrected chi connectivity index (χ4v) is 3.09. The van der Waals surface area contributed by atoms with Crippen LogP contribution in [0, 0.1) is 3.57 Å². The van der Waals surface area contributed by atoms with Crippen molar-refractivity contribution in [2.24, 2.45) is 0 Å². The van der Waals surface area contributed by atoms with E-state index in [1.54, 1.807) is 18.2 Å². The maximum absolute atomic E-state index is 11.6. The molecule has 0 aliphatic carbocycles. The predicted octanol–water partition coefficient (Wildman–Crippen LogP) is 5.51. The van der Waals surface area contributed by atoms with Gasteiger partial charge in [-0.1, -0.05) is 35.3 Å². The molecule has 0 bridgehead atoms. The number of fused-ring (bicyclic) bond motifs is 1. The first-order valence-electron chi connectivity index (χ1n) is 6.25. The molecule has 110 valence electrons. The zero-order valence-electron chi connectivity index (χ0n) is 11.0. The Labute approximate surface area is 150 Å². The largest absolute Gasteiger partial charge is 0.478 e. The van der Waals surface area contributed by atoms with Gasteiger partial charge < -0.3 is 5.11 Å². The Morgan fingerprint density at radius 1 is 1.09 bits per heavy atom. The second-order valence-electron chi connectivity index (χ2n) is 4.65. The highest BCUT2D eigenvalue weighted by atomic mass is 127. The fraction of sp³-hybridized carbons (Fsp3) is 0. The van der Waals surface area contributed by atoms with Gasteiger partial charge in [-0.3, -0.25) is 0 Å². The fourth-order valence-electron chi connectivity index (χ4n) is 2.20. The summed E-state index contributed by atoms with van der Waals surface area (Å²) in [5.41, 5.74) is 1.95. The standard InChI is InChI=1S/C16H8Cl2INO2/c17-9-5-11-12(16(21)22)7-14(20-15(11)13(18)6-9)8-1-3-10(19)4-2-8/h1-7H,(H,21,22). The molecule has 3 rings (SSSR count). The molecular formula is C16H8Cl2INO2. The number of hydrogen-bond acceptors (Lipinski definition) is 2. The first-order chi connectivity index (χ1) is 10.5. The number of carbonyl (C=O) groups is 1. The Kier molecular flexibility index (Phi) is 4.25. The second kappa shape index (κ2) is 6.02. The number of nitrogens with zero attached hydrogens (tertiary/aromatic N) is 1. The molecule has 0 atom stereocenters. The molecule has 1 N–H and O–H groups in total. The monoisotopic (exact) mass is 443 g/mol. The molecule has 0 fully saturated rings. The van der Waals surface area contributed by atoms with Gasteiger partial charge in [0.15, 0.2) is 0 Å². The summed E-state index contributed by atoms with van der Waals surface area (Å²) in [5, 5.41) is 10.6. The highest BCUT2D eigenvalue weighted by Gasteiger charge is 2.15. The number of benzene rings is 2. The Morgan fingerprint density at radius 3 is 2.41 bits per heavy atom. The summed E-state index contributed by atoms with van der Waals surface area (Å²) in [6.45, 7) is 0. The van der Waals surface area contributed by atoms with Gasteiger partial charge in [-0.2, -0.15) is 0 Å². The quantitative estimate of drug-likeness (QED) is 0.531. The molecule has 0 aliphatic rings. The average molecular weight is 444 g/mol. The molecule has 3 aromatic rings. The van der Waals surface area contributed by atoms with Gasteiger partial charge in [-0.15, -0.1) is 0 Å². The minimum Gasteiger partial charge on any atom is -0.478 e. The van der Waals surface area contributed by atoms with Crippen LogP contribution in [0.15, 0.2) is 42.5 Å². The maximum atomic E-state index is 11.6. The van der Waals surface area contributed by atoms with Gasteiger partial charge in [-0.05, 0) is 52.9 Å². The molecular weight excluding hydrogens is 436 g/mol. The van der Waals surface area contributed by atoms with E-state index in [1.807, 2.05) is 24.3 Å². The lowest BCUT2D eigenvalue weighted by atomic mass is 10.0. The number of aromatic carboxylic acids is 1. The second-order valence-corrected chi connectivity index (χ2v) is 6.74. The Balaban J connectivity index is 2.34. The van der Waals surface area contributed by atoms with E-state index in [9.17, 15) is 9.90 Å². The van der Waals surface area contributed by atoms with Gasteiger partial charge in [0.05, 0.1) is 21.8 Å². The zero-order valence-corrected chi connectivity index (χ0v) is 14.6. The van der Waals surface area contributed by atoms with Gasteiger partial charge in [0.25, 0.3) is 0 Å². The van der Waals surface area contributed by atoms with Gasteiger partial charge in [-0.25, -0.2) is 9.78 Å². The van der Waals surface area contributed by atoms with E-state index in [0.29, 0.717) is 26.6 Å². The zero-order chi connectivity index (χ0) is 15.9.